The number of benzene rings is 3. The lowest BCUT2D eigenvalue weighted by atomic mass is 10.1. The molecule has 0 radical (unpaired) electrons. The van der Waals surface area contributed by atoms with Crippen LogP contribution in [-0.4, -0.2) is 49.9 Å². The molecule has 0 heterocycles. The van der Waals surface area contributed by atoms with Crippen LogP contribution in [-0.2, 0) is 11.3 Å². The summed E-state index contributed by atoms with van der Waals surface area (Å²) >= 11 is 12.1. The fourth-order valence-corrected chi connectivity index (χ4v) is 3.74. The summed E-state index contributed by atoms with van der Waals surface area (Å²) < 4.78 is 0. The van der Waals surface area contributed by atoms with Gasteiger partial charge in [0.1, 0.15) is 17.4 Å². The third-order valence-electron chi connectivity index (χ3n) is 5.31. The minimum atomic E-state index is -1.47. The lowest BCUT2D eigenvalue weighted by molar-refractivity contribution is -0.385. The number of aromatic hydroxyl groups is 1. The SMILES string of the molecule is C[C@H](NN(C(=O)c1ccc(C(=O)NCc2cccc(O)c2)cc1Cl)C(=O)c1ccc(Cl)cc1[N+](=O)[O-])C(=O)O. The number of hydrogen-bond donors (Lipinski definition) is 4. The number of carbonyl (C=O) groups is 4. The van der Waals surface area contributed by atoms with Crippen LogP contribution in [0.5, 0.6) is 5.75 Å². The van der Waals surface area contributed by atoms with Crippen LogP contribution in [0, 0.1) is 10.1 Å². The van der Waals surface area contributed by atoms with Gasteiger partial charge in [0.2, 0.25) is 0 Å². The summed E-state index contributed by atoms with van der Waals surface area (Å²) in [5.74, 6) is -4.31. The molecule has 12 nitrogen and oxygen atoms in total. The molecule has 202 valence electrons. The number of nitrogens with zero attached hydrogens (tertiary/aromatic N) is 2. The third-order valence-corrected chi connectivity index (χ3v) is 5.86. The summed E-state index contributed by atoms with van der Waals surface area (Å²) in [6.45, 7) is 1.23. The van der Waals surface area contributed by atoms with Gasteiger partial charge in [0, 0.05) is 23.2 Å². The summed E-state index contributed by atoms with van der Waals surface area (Å²) in [5, 5.41) is 33.0. The number of carboxylic acids is 1. The molecule has 0 aliphatic carbocycles. The lowest BCUT2D eigenvalue weighted by Gasteiger charge is -2.24. The van der Waals surface area contributed by atoms with Crippen LogP contribution in [0.2, 0.25) is 10.0 Å². The minimum Gasteiger partial charge on any atom is -0.508 e. The number of imide groups is 1. The van der Waals surface area contributed by atoms with Crippen LogP contribution in [0.15, 0.2) is 60.7 Å². The van der Waals surface area contributed by atoms with Crippen molar-refractivity contribution in [3.63, 3.8) is 0 Å². The van der Waals surface area contributed by atoms with Crippen molar-refractivity contribution < 1.29 is 34.3 Å². The fourth-order valence-electron chi connectivity index (χ4n) is 3.32. The van der Waals surface area contributed by atoms with Crippen molar-refractivity contribution in [2.75, 3.05) is 0 Å². The number of nitro benzene ring substituents is 1. The second kappa shape index (κ2) is 12.3. The third kappa shape index (κ3) is 7.08. The molecule has 14 heteroatoms. The van der Waals surface area contributed by atoms with Gasteiger partial charge in [-0.3, -0.25) is 29.3 Å². The first kappa shape index (κ1) is 29.0. The average molecular weight is 575 g/mol. The largest absolute Gasteiger partial charge is 0.508 e. The molecular weight excluding hydrogens is 555 g/mol. The number of halogens is 2. The highest BCUT2D eigenvalue weighted by molar-refractivity contribution is 6.34. The number of carboxylic acid groups (broad SMARTS) is 1. The molecule has 3 amide bonds. The van der Waals surface area contributed by atoms with Crippen LogP contribution in [0.25, 0.3) is 0 Å². The van der Waals surface area contributed by atoms with E-state index in [1.165, 1.54) is 30.3 Å². The van der Waals surface area contributed by atoms with Gasteiger partial charge in [-0.2, -0.15) is 0 Å². The summed E-state index contributed by atoms with van der Waals surface area (Å²) in [6.07, 6.45) is 0. The maximum absolute atomic E-state index is 13.4. The monoisotopic (exact) mass is 574 g/mol. The topological polar surface area (TPSA) is 179 Å². The Morgan fingerprint density at radius 3 is 2.28 bits per heavy atom. The Bertz CT molecular complexity index is 1480. The van der Waals surface area contributed by atoms with Gasteiger partial charge in [-0.1, -0.05) is 35.3 Å². The van der Waals surface area contributed by atoms with Crippen molar-refractivity contribution in [1.29, 1.82) is 0 Å². The predicted molar refractivity (Wildman–Crippen MR) is 140 cm³/mol. The molecule has 1 atom stereocenters. The molecular formula is C25H20Cl2N4O8. The van der Waals surface area contributed by atoms with E-state index in [2.05, 4.69) is 10.7 Å². The quantitative estimate of drug-likeness (QED) is 0.168. The van der Waals surface area contributed by atoms with Gasteiger partial charge < -0.3 is 15.5 Å². The first-order valence-electron chi connectivity index (χ1n) is 11.1. The second-order valence-electron chi connectivity index (χ2n) is 8.10. The average Bonchev–Trinajstić information content (AvgIpc) is 2.89. The molecule has 0 fully saturated rings. The number of rotatable bonds is 9. The van der Waals surface area contributed by atoms with Crippen LogP contribution < -0.4 is 10.7 Å². The van der Waals surface area contributed by atoms with Crippen molar-refractivity contribution in [3.05, 3.63) is 103 Å². The predicted octanol–water partition coefficient (Wildman–Crippen LogP) is 3.80. The summed E-state index contributed by atoms with van der Waals surface area (Å²) in [5.41, 5.74) is 1.37. The normalized spacial score (nSPS) is 11.4. The molecule has 0 aromatic heterocycles. The maximum atomic E-state index is 13.4. The Kier molecular flexibility index (Phi) is 9.20. The van der Waals surface area contributed by atoms with Crippen molar-refractivity contribution >= 4 is 52.6 Å². The first-order chi connectivity index (χ1) is 18.4. The Hall–Kier alpha value is -4.52. The van der Waals surface area contributed by atoms with E-state index in [0.717, 1.165) is 25.1 Å². The van der Waals surface area contributed by atoms with Gasteiger partial charge in [0.05, 0.1) is 15.5 Å². The van der Waals surface area contributed by atoms with E-state index in [1.54, 1.807) is 12.1 Å². The number of hydrogen-bond acceptors (Lipinski definition) is 8. The zero-order chi connectivity index (χ0) is 28.9. The molecule has 0 aliphatic heterocycles. The molecule has 0 bridgehead atoms. The molecule has 0 saturated carbocycles. The zero-order valence-corrected chi connectivity index (χ0v) is 21.6. The van der Waals surface area contributed by atoms with Crippen LogP contribution >= 0.6 is 23.2 Å². The van der Waals surface area contributed by atoms with Crippen molar-refractivity contribution in [2.24, 2.45) is 0 Å². The molecule has 3 aromatic rings. The lowest BCUT2D eigenvalue weighted by Crippen LogP contribution is -2.53. The number of nitrogens with one attached hydrogen (secondary N) is 2. The van der Waals surface area contributed by atoms with E-state index in [0.29, 0.717) is 10.6 Å². The first-order valence-corrected chi connectivity index (χ1v) is 11.8. The molecule has 0 spiro atoms. The molecule has 0 saturated heterocycles. The van der Waals surface area contributed by atoms with Gasteiger partial charge in [-0.25, -0.2) is 10.4 Å². The van der Waals surface area contributed by atoms with E-state index in [4.69, 9.17) is 23.2 Å². The highest BCUT2D eigenvalue weighted by Gasteiger charge is 2.33. The smallest absolute Gasteiger partial charge is 0.322 e. The molecule has 0 aliphatic rings. The Morgan fingerprint density at radius 1 is 1.00 bits per heavy atom. The van der Waals surface area contributed by atoms with E-state index >= 15 is 0 Å². The number of phenols is 1. The number of amides is 3. The number of nitro groups is 1. The van der Waals surface area contributed by atoms with Gasteiger partial charge in [0.15, 0.2) is 0 Å². The van der Waals surface area contributed by atoms with Crippen LogP contribution in [0.4, 0.5) is 5.69 Å². The Morgan fingerprint density at radius 2 is 1.67 bits per heavy atom. The van der Waals surface area contributed by atoms with E-state index in [9.17, 15) is 39.5 Å². The van der Waals surface area contributed by atoms with E-state index in [1.807, 2.05) is 0 Å². The summed E-state index contributed by atoms with van der Waals surface area (Å²) in [4.78, 5) is 61.2. The Balaban J connectivity index is 1.90. The van der Waals surface area contributed by atoms with Crippen molar-refractivity contribution in [1.82, 2.24) is 15.8 Å². The molecule has 4 N–H and O–H groups in total. The highest BCUT2D eigenvalue weighted by atomic mass is 35.5. The van der Waals surface area contributed by atoms with Gasteiger partial charge in [-0.05, 0) is 55.0 Å². The molecule has 3 aromatic carbocycles. The summed E-state index contributed by atoms with van der Waals surface area (Å²) in [6, 6.07) is 11.5. The van der Waals surface area contributed by atoms with Crippen LogP contribution in [0.1, 0.15) is 43.6 Å². The molecule has 0 unspecified atom stereocenters. The number of hydrazine groups is 1. The Labute approximate surface area is 230 Å². The van der Waals surface area contributed by atoms with Crippen LogP contribution in [0.3, 0.4) is 0 Å². The van der Waals surface area contributed by atoms with E-state index in [-0.39, 0.29) is 33.5 Å². The van der Waals surface area contributed by atoms with Crippen molar-refractivity contribution in [2.45, 2.75) is 19.5 Å². The number of aliphatic carboxylic acids is 1. The number of phenolic OH excluding ortho intramolecular Hbond substituents is 1. The standard InChI is InChI=1S/C25H20Cl2N4O8/c1-13(25(36)37)29-30(24(35)19-8-6-16(26)11-21(19)31(38)39)23(34)18-7-5-15(10-20(18)27)22(33)28-12-14-3-2-4-17(32)9-14/h2-11,13,29,32H,12H2,1H3,(H,28,33)(H,36,37)/t13-/m0/s1. The minimum absolute atomic E-state index is 0.0292. The van der Waals surface area contributed by atoms with Crippen molar-refractivity contribution in [3.8, 4) is 5.75 Å². The van der Waals surface area contributed by atoms with Gasteiger partial charge in [0.25, 0.3) is 23.4 Å². The molecule has 39 heavy (non-hydrogen) atoms. The highest BCUT2D eigenvalue weighted by Crippen LogP contribution is 2.26. The van der Waals surface area contributed by atoms with Gasteiger partial charge in [-0.15, -0.1) is 0 Å². The zero-order valence-electron chi connectivity index (χ0n) is 20.1. The number of carbonyl (C=O) groups excluding carboxylic acids is 3. The second-order valence-corrected chi connectivity index (χ2v) is 8.94. The maximum Gasteiger partial charge on any atom is 0.322 e. The van der Waals surface area contributed by atoms with Gasteiger partial charge >= 0.3 is 5.97 Å². The van der Waals surface area contributed by atoms with E-state index < -0.39 is 45.9 Å². The summed E-state index contributed by atoms with van der Waals surface area (Å²) in [7, 11) is 0. The molecule has 3 rings (SSSR count). The fraction of sp³-hybridized carbons (Fsp3) is 0.120.